The molecular formula is C17H24N2O. The van der Waals surface area contributed by atoms with Crippen LogP contribution in [0.5, 0.6) is 0 Å². The van der Waals surface area contributed by atoms with Crippen LogP contribution in [-0.4, -0.2) is 34.2 Å². The number of hydrogen-bond donors (Lipinski definition) is 1. The first-order valence-corrected chi connectivity index (χ1v) is 7.67. The van der Waals surface area contributed by atoms with Crippen LogP contribution in [0.15, 0.2) is 30.5 Å². The number of para-hydroxylation sites is 1. The molecule has 0 radical (unpaired) electrons. The predicted molar refractivity (Wildman–Crippen MR) is 82.7 cm³/mol. The van der Waals surface area contributed by atoms with Crippen molar-refractivity contribution in [1.29, 1.82) is 0 Å². The summed E-state index contributed by atoms with van der Waals surface area (Å²) >= 11 is 0. The van der Waals surface area contributed by atoms with E-state index < -0.39 is 0 Å². The Morgan fingerprint density at radius 3 is 2.95 bits per heavy atom. The Bertz CT molecular complexity index is 575. The highest BCUT2D eigenvalue weighted by atomic mass is 16.3. The van der Waals surface area contributed by atoms with Gasteiger partial charge in [0.2, 0.25) is 0 Å². The van der Waals surface area contributed by atoms with Gasteiger partial charge in [-0.05, 0) is 44.3 Å². The lowest BCUT2D eigenvalue weighted by molar-refractivity contribution is 0.171. The lowest BCUT2D eigenvalue weighted by Gasteiger charge is -2.32. The molecule has 3 heteroatoms. The number of aliphatic hydroxyl groups is 1. The van der Waals surface area contributed by atoms with Crippen molar-refractivity contribution in [1.82, 2.24) is 9.47 Å². The van der Waals surface area contributed by atoms with Crippen LogP contribution in [0.25, 0.3) is 10.9 Å². The molecule has 1 N–H and O–H groups in total. The molecule has 0 aliphatic carbocycles. The lowest BCUT2D eigenvalue weighted by Crippen LogP contribution is -2.36. The minimum atomic E-state index is 0.116. The molecule has 1 aromatic heterocycles. The van der Waals surface area contributed by atoms with Gasteiger partial charge in [-0.15, -0.1) is 0 Å². The van der Waals surface area contributed by atoms with Gasteiger partial charge < -0.3 is 14.6 Å². The molecule has 0 bridgehead atoms. The van der Waals surface area contributed by atoms with Crippen LogP contribution in [0.4, 0.5) is 0 Å². The average Bonchev–Trinajstić information content (AvgIpc) is 2.90. The lowest BCUT2D eigenvalue weighted by atomic mass is 10.00. The maximum absolute atomic E-state index is 9.52. The first-order valence-electron chi connectivity index (χ1n) is 7.67. The molecule has 3 nitrogen and oxygen atoms in total. The third-order valence-corrected chi connectivity index (χ3v) is 4.67. The fourth-order valence-electron chi connectivity index (χ4n) is 3.45. The third-order valence-electron chi connectivity index (χ3n) is 4.67. The van der Waals surface area contributed by atoms with Gasteiger partial charge in [-0.3, -0.25) is 0 Å². The van der Waals surface area contributed by atoms with E-state index in [4.69, 9.17) is 0 Å². The Morgan fingerprint density at radius 1 is 1.25 bits per heavy atom. The number of piperidine rings is 1. The summed E-state index contributed by atoms with van der Waals surface area (Å²) < 4.78 is 2.31. The number of aromatic nitrogens is 1. The van der Waals surface area contributed by atoms with Gasteiger partial charge in [-0.25, -0.2) is 0 Å². The van der Waals surface area contributed by atoms with Crippen molar-refractivity contribution >= 4 is 10.9 Å². The van der Waals surface area contributed by atoms with Gasteiger partial charge in [0.1, 0.15) is 0 Å². The van der Waals surface area contributed by atoms with Crippen molar-refractivity contribution in [2.45, 2.75) is 44.9 Å². The number of aryl methyl sites for hydroxylation is 1. The monoisotopic (exact) mass is 272 g/mol. The van der Waals surface area contributed by atoms with Crippen LogP contribution in [-0.2, 0) is 13.2 Å². The molecule has 0 spiro atoms. The van der Waals surface area contributed by atoms with Gasteiger partial charge in [0.25, 0.3) is 0 Å². The zero-order chi connectivity index (χ0) is 13.9. The normalized spacial score (nSPS) is 20.6. The Kier molecular flexibility index (Phi) is 4.08. The van der Waals surface area contributed by atoms with Crippen molar-refractivity contribution in [3.63, 3.8) is 0 Å². The first kappa shape index (κ1) is 13.7. The molecule has 1 saturated heterocycles. The average molecular weight is 272 g/mol. The highest BCUT2D eigenvalue weighted by molar-refractivity contribution is 5.83. The molecule has 1 aromatic carbocycles. The minimum absolute atomic E-state index is 0.116. The van der Waals surface area contributed by atoms with E-state index in [1.165, 1.54) is 43.1 Å². The highest BCUT2D eigenvalue weighted by Crippen LogP contribution is 2.23. The summed E-state index contributed by atoms with van der Waals surface area (Å²) in [6, 6.07) is 9.03. The Labute approximate surface area is 120 Å². The number of rotatable bonds is 4. The molecular weight excluding hydrogens is 248 g/mol. The van der Waals surface area contributed by atoms with E-state index in [1.54, 1.807) is 0 Å². The summed E-state index contributed by atoms with van der Waals surface area (Å²) in [6.45, 7) is 2.39. The topological polar surface area (TPSA) is 28.4 Å². The van der Waals surface area contributed by atoms with Crippen molar-refractivity contribution < 1.29 is 5.11 Å². The molecule has 1 fully saturated rings. The quantitative estimate of drug-likeness (QED) is 0.926. The van der Waals surface area contributed by atoms with E-state index in [0.717, 1.165) is 12.1 Å². The zero-order valence-corrected chi connectivity index (χ0v) is 12.3. The maximum Gasteiger partial charge on any atom is 0.0702 e. The first-order chi connectivity index (χ1) is 9.79. The molecule has 1 unspecified atom stereocenters. The molecule has 108 valence electrons. The molecule has 1 aliphatic heterocycles. The summed E-state index contributed by atoms with van der Waals surface area (Å²) in [7, 11) is 2.25. The van der Waals surface area contributed by atoms with E-state index in [-0.39, 0.29) is 6.61 Å². The van der Waals surface area contributed by atoms with Gasteiger partial charge in [0.15, 0.2) is 0 Å². The number of benzene rings is 1. The van der Waals surface area contributed by atoms with Crippen molar-refractivity contribution in [3.8, 4) is 0 Å². The molecule has 3 rings (SSSR count). The number of likely N-dealkylation sites (tertiary alicyclic amines) is 1. The van der Waals surface area contributed by atoms with Gasteiger partial charge in [0.05, 0.1) is 12.1 Å². The minimum Gasteiger partial charge on any atom is -0.392 e. The van der Waals surface area contributed by atoms with Crippen LogP contribution < -0.4 is 0 Å². The maximum atomic E-state index is 9.52. The van der Waals surface area contributed by atoms with Crippen molar-refractivity contribution in [3.05, 3.63) is 36.0 Å². The summed E-state index contributed by atoms with van der Waals surface area (Å²) in [4.78, 5) is 2.50. The number of aliphatic hydroxyl groups excluding tert-OH is 1. The predicted octanol–water partition coefficient (Wildman–Crippen LogP) is 3.01. The van der Waals surface area contributed by atoms with Crippen molar-refractivity contribution in [2.24, 2.45) is 0 Å². The van der Waals surface area contributed by atoms with Gasteiger partial charge in [-0.2, -0.15) is 0 Å². The number of fused-ring (bicyclic) bond motifs is 1. The summed E-state index contributed by atoms with van der Waals surface area (Å²) in [5.74, 6) is 0. The van der Waals surface area contributed by atoms with Crippen LogP contribution >= 0.6 is 0 Å². The number of nitrogens with zero attached hydrogens (tertiary/aromatic N) is 2. The summed E-state index contributed by atoms with van der Waals surface area (Å²) in [5.41, 5.74) is 2.23. The summed E-state index contributed by atoms with van der Waals surface area (Å²) in [5, 5.41) is 10.7. The van der Waals surface area contributed by atoms with Gasteiger partial charge in [0, 0.05) is 24.3 Å². The molecule has 2 aromatic rings. The zero-order valence-electron chi connectivity index (χ0n) is 12.3. The molecule has 1 aliphatic rings. The highest BCUT2D eigenvalue weighted by Gasteiger charge is 2.18. The fraction of sp³-hybridized carbons (Fsp3) is 0.529. The Balaban J connectivity index is 1.77. The Hall–Kier alpha value is -1.32. The second-order valence-electron chi connectivity index (χ2n) is 5.94. The molecule has 2 heterocycles. The molecule has 1 atom stereocenters. The van der Waals surface area contributed by atoms with Gasteiger partial charge >= 0.3 is 0 Å². The van der Waals surface area contributed by atoms with E-state index in [9.17, 15) is 5.11 Å². The van der Waals surface area contributed by atoms with Crippen LogP contribution in [0.3, 0.4) is 0 Å². The van der Waals surface area contributed by atoms with E-state index >= 15 is 0 Å². The van der Waals surface area contributed by atoms with E-state index in [1.807, 2.05) is 12.1 Å². The van der Waals surface area contributed by atoms with E-state index in [0.29, 0.717) is 6.04 Å². The standard InChI is InChI=1S/C17H24N2O/c1-18-10-3-2-7-16(18)9-12-19-11-8-14-5-4-6-15(13-20)17(14)19/h4-6,8,11,16,20H,2-3,7,9-10,12-13H2,1H3. The van der Waals surface area contributed by atoms with Crippen LogP contribution in [0, 0.1) is 0 Å². The largest absolute Gasteiger partial charge is 0.392 e. The Morgan fingerprint density at radius 2 is 2.15 bits per heavy atom. The molecule has 0 amide bonds. The van der Waals surface area contributed by atoms with Crippen molar-refractivity contribution in [2.75, 3.05) is 13.6 Å². The van der Waals surface area contributed by atoms with Gasteiger partial charge in [-0.1, -0.05) is 24.6 Å². The number of hydrogen-bond acceptors (Lipinski definition) is 2. The fourth-order valence-corrected chi connectivity index (χ4v) is 3.45. The second kappa shape index (κ2) is 5.98. The molecule has 0 saturated carbocycles. The summed E-state index contributed by atoms with van der Waals surface area (Å²) in [6.07, 6.45) is 7.38. The smallest absolute Gasteiger partial charge is 0.0702 e. The van der Waals surface area contributed by atoms with Crippen LogP contribution in [0.2, 0.25) is 0 Å². The second-order valence-corrected chi connectivity index (χ2v) is 5.94. The SMILES string of the molecule is CN1CCCCC1CCn1ccc2cccc(CO)c21. The van der Waals surface area contributed by atoms with Crippen LogP contribution in [0.1, 0.15) is 31.2 Å². The third kappa shape index (κ3) is 2.60. The van der Waals surface area contributed by atoms with E-state index in [2.05, 4.69) is 34.8 Å². The molecule has 20 heavy (non-hydrogen) atoms.